The van der Waals surface area contributed by atoms with Gasteiger partial charge in [-0.1, -0.05) is 19.9 Å². The predicted octanol–water partition coefficient (Wildman–Crippen LogP) is 2.77. The van der Waals surface area contributed by atoms with Gasteiger partial charge >= 0.3 is 0 Å². The first-order valence-corrected chi connectivity index (χ1v) is 3.93. The van der Waals surface area contributed by atoms with Gasteiger partial charge in [-0.05, 0) is 19.8 Å². The second kappa shape index (κ2) is 4.51. The van der Waals surface area contributed by atoms with E-state index in [2.05, 4.69) is 27.4 Å². The normalized spacial score (nSPS) is 11.5. The fraction of sp³-hybridized carbons (Fsp3) is 0.778. The molecule has 0 rings (SSSR count). The van der Waals surface area contributed by atoms with Crippen molar-refractivity contribution in [3.05, 3.63) is 12.7 Å². The summed E-state index contributed by atoms with van der Waals surface area (Å²) in [6.07, 6.45) is 3.93. The Hall–Kier alpha value is -0.300. The second-order valence-electron chi connectivity index (χ2n) is 2.76. The van der Waals surface area contributed by atoms with Crippen LogP contribution in [0.25, 0.3) is 0 Å². The maximum Gasteiger partial charge on any atom is 0.0653 e. The van der Waals surface area contributed by atoms with Crippen molar-refractivity contribution in [2.75, 3.05) is 6.61 Å². The lowest BCUT2D eigenvalue weighted by atomic mass is 10.0. The van der Waals surface area contributed by atoms with Crippen molar-refractivity contribution >= 4 is 0 Å². The van der Waals surface area contributed by atoms with Crippen LogP contribution >= 0.6 is 0 Å². The monoisotopic (exact) mass is 142 g/mol. The van der Waals surface area contributed by atoms with Gasteiger partial charge in [0.2, 0.25) is 0 Å². The van der Waals surface area contributed by atoms with Crippen LogP contribution in [0.2, 0.25) is 0 Å². The Morgan fingerprint density at radius 3 is 2.20 bits per heavy atom. The van der Waals surface area contributed by atoms with E-state index < -0.39 is 0 Å². The molecule has 1 heteroatoms. The molecule has 0 aromatic rings. The largest absolute Gasteiger partial charge is 0.371 e. The van der Waals surface area contributed by atoms with E-state index in [9.17, 15) is 0 Å². The Labute approximate surface area is 64.1 Å². The van der Waals surface area contributed by atoms with Gasteiger partial charge in [-0.25, -0.2) is 0 Å². The molecule has 0 radical (unpaired) electrons. The van der Waals surface area contributed by atoms with E-state index >= 15 is 0 Å². The van der Waals surface area contributed by atoms with Crippen LogP contribution in [-0.2, 0) is 4.74 Å². The molecular formula is C9H18O. The lowest BCUT2D eigenvalue weighted by Crippen LogP contribution is -2.26. The Morgan fingerprint density at radius 2 is 1.90 bits per heavy atom. The first kappa shape index (κ1) is 9.70. The summed E-state index contributed by atoms with van der Waals surface area (Å²) in [5, 5.41) is 0. The standard InChI is InChI=1S/C9H18O/c1-5-8-10-9(4,6-2)7-3/h5H,1,6-8H2,2-4H3. The zero-order valence-electron chi connectivity index (χ0n) is 7.31. The van der Waals surface area contributed by atoms with E-state index in [1.165, 1.54) is 0 Å². The van der Waals surface area contributed by atoms with Gasteiger partial charge in [0, 0.05) is 0 Å². The molecule has 0 aliphatic heterocycles. The minimum atomic E-state index is 0.0637. The third-order valence-corrected chi connectivity index (χ3v) is 2.05. The molecular weight excluding hydrogens is 124 g/mol. The van der Waals surface area contributed by atoms with Crippen LogP contribution in [0.3, 0.4) is 0 Å². The van der Waals surface area contributed by atoms with Crippen molar-refractivity contribution in [3.63, 3.8) is 0 Å². The highest BCUT2D eigenvalue weighted by Gasteiger charge is 2.18. The van der Waals surface area contributed by atoms with Crippen LogP contribution in [0.5, 0.6) is 0 Å². The van der Waals surface area contributed by atoms with E-state index in [4.69, 9.17) is 4.74 Å². The highest BCUT2D eigenvalue weighted by atomic mass is 16.5. The van der Waals surface area contributed by atoms with Crippen LogP contribution in [0.4, 0.5) is 0 Å². The zero-order valence-corrected chi connectivity index (χ0v) is 7.31. The third kappa shape index (κ3) is 3.02. The molecule has 0 aromatic carbocycles. The Morgan fingerprint density at radius 1 is 1.40 bits per heavy atom. The zero-order chi connectivity index (χ0) is 8.04. The van der Waals surface area contributed by atoms with Crippen LogP contribution < -0.4 is 0 Å². The molecule has 0 aliphatic carbocycles. The van der Waals surface area contributed by atoms with Gasteiger partial charge in [-0.2, -0.15) is 0 Å². The number of hydrogen-bond acceptors (Lipinski definition) is 1. The first-order chi connectivity index (χ1) is 4.68. The van der Waals surface area contributed by atoms with Gasteiger partial charge in [0.05, 0.1) is 12.2 Å². The van der Waals surface area contributed by atoms with Crippen molar-refractivity contribution < 1.29 is 4.74 Å². The van der Waals surface area contributed by atoms with Gasteiger partial charge in [0.25, 0.3) is 0 Å². The molecule has 0 spiro atoms. The summed E-state index contributed by atoms with van der Waals surface area (Å²) in [6, 6.07) is 0. The van der Waals surface area contributed by atoms with E-state index in [1.807, 2.05) is 0 Å². The van der Waals surface area contributed by atoms with Crippen molar-refractivity contribution in [1.29, 1.82) is 0 Å². The topological polar surface area (TPSA) is 9.23 Å². The highest BCUT2D eigenvalue weighted by molar-refractivity contribution is 4.74. The summed E-state index contributed by atoms with van der Waals surface area (Å²) in [7, 11) is 0. The van der Waals surface area contributed by atoms with Crippen LogP contribution in [0.15, 0.2) is 12.7 Å². The molecule has 0 N–H and O–H groups in total. The Balaban J connectivity index is 3.68. The Bertz CT molecular complexity index is 92.9. The van der Waals surface area contributed by atoms with Gasteiger partial charge in [-0.15, -0.1) is 6.58 Å². The molecule has 0 aromatic heterocycles. The summed E-state index contributed by atoms with van der Waals surface area (Å²) in [6.45, 7) is 10.7. The van der Waals surface area contributed by atoms with E-state index in [-0.39, 0.29) is 5.60 Å². The maximum atomic E-state index is 5.56. The maximum absolute atomic E-state index is 5.56. The number of hydrogen-bond donors (Lipinski definition) is 0. The third-order valence-electron chi connectivity index (χ3n) is 2.05. The number of rotatable bonds is 5. The van der Waals surface area contributed by atoms with Gasteiger partial charge in [0.1, 0.15) is 0 Å². The fourth-order valence-corrected chi connectivity index (χ4v) is 0.714. The molecule has 10 heavy (non-hydrogen) atoms. The fourth-order valence-electron chi connectivity index (χ4n) is 0.714. The quantitative estimate of drug-likeness (QED) is 0.536. The average molecular weight is 142 g/mol. The van der Waals surface area contributed by atoms with Crippen molar-refractivity contribution in [1.82, 2.24) is 0 Å². The van der Waals surface area contributed by atoms with Crippen molar-refractivity contribution in [3.8, 4) is 0 Å². The first-order valence-electron chi connectivity index (χ1n) is 3.93. The summed E-state index contributed by atoms with van der Waals surface area (Å²) in [5.74, 6) is 0. The minimum absolute atomic E-state index is 0.0637. The summed E-state index contributed by atoms with van der Waals surface area (Å²) >= 11 is 0. The lowest BCUT2D eigenvalue weighted by molar-refractivity contribution is -0.0217. The van der Waals surface area contributed by atoms with Crippen LogP contribution in [0, 0.1) is 0 Å². The van der Waals surface area contributed by atoms with Gasteiger partial charge in [-0.3, -0.25) is 0 Å². The second-order valence-corrected chi connectivity index (χ2v) is 2.76. The molecule has 0 aliphatic rings. The molecule has 0 heterocycles. The smallest absolute Gasteiger partial charge is 0.0653 e. The van der Waals surface area contributed by atoms with Gasteiger partial charge < -0.3 is 4.74 Å². The van der Waals surface area contributed by atoms with Crippen LogP contribution in [-0.4, -0.2) is 12.2 Å². The van der Waals surface area contributed by atoms with Crippen LogP contribution in [0.1, 0.15) is 33.6 Å². The van der Waals surface area contributed by atoms with Crippen molar-refractivity contribution in [2.24, 2.45) is 0 Å². The molecule has 0 amide bonds. The molecule has 60 valence electrons. The average Bonchev–Trinajstić information content (AvgIpc) is 2.00. The summed E-state index contributed by atoms with van der Waals surface area (Å²) in [5.41, 5.74) is 0.0637. The summed E-state index contributed by atoms with van der Waals surface area (Å²) in [4.78, 5) is 0. The summed E-state index contributed by atoms with van der Waals surface area (Å²) < 4.78 is 5.56. The minimum Gasteiger partial charge on any atom is -0.371 e. The SMILES string of the molecule is C=CCOC(C)(CC)CC. The van der Waals surface area contributed by atoms with Crippen molar-refractivity contribution in [2.45, 2.75) is 39.2 Å². The predicted molar refractivity (Wildman–Crippen MR) is 45.1 cm³/mol. The van der Waals surface area contributed by atoms with E-state index in [0.717, 1.165) is 12.8 Å². The lowest BCUT2D eigenvalue weighted by Gasteiger charge is -2.26. The molecule has 0 bridgehead atoms. The number of ether oxygens (including phenoxy) is 1. The molecule has 0 atom stereocenters. The van der Waals surface area contributed by atoms with E-state index in [1.54, 1.807) is 6.08 Å². The van der Waals surface area contributed by atoms with Gasteiger partial charge in [0.15, 0.2) is 0 Å². The molecule has 0 saturated heterocycles. The highest BCUT2D eigenvalue weighted by Crippen LogP contribution is 2.18. The Kier molecular flexibility index (Phi) is 4.37. The molecule has 0 unspecified atom stereocenters. The molecule has 0 fully saturated rings. The van der Waals surface area contributed by atoms with E-state index in [0.29, 0.717) is 6.61 Å². The molecule has 0 saturated carbocycles. The molecule has 1 nitrogen and oxygen atoms in total.